The van der Waals surface area contributed by atoms with E-state index in [-0.39, 0.29) is 24.1 Å². The van der Waals surface area contributed by atoms with Gasteiger partial charge in [-0.3, -0.25) is 4.79 Å². The highest BCUT2D eigenvalue weighted by molar-refractivity contribution is 6.30. The Morgan fingerprint density at radius 2 is 1.65 bits per heavy atom. The van der Waals surface area contributed by atoms with Gasteiger partial charge in [0.2, 0.25) is 5.95 Å². The molecule has 0 bridgehead atoms. The van der Waals surface area contributed by atoms with Crippen LogP contribution in [0.15, 0.2) is 66.7 Å². The minimum Gasteiger partial charge on any atom is -0.493 e. The lowest BCUT2D eigenvalue weighted by Crippen LogP contribution is -2.18. The smallest absolute Gasteiger partial charge is 0.254 e. The Morgan fingerprint density at radius 3 is 2.32 bits per heavy atom. The average molecular weight is 481 g/mol. The third-order valence-electron chi connectivity index (χ3n) is 5.11. The van der Waals surface area contributed by atoms with Crippen molar-refractivity contribution in [1.82, 2.24) is 14.8 Å². The fourth-order valence-corrected chi connectivity index (χ4v) is 3.47. The quantitative estimate of drug-likeness (QED) is 0.371. The first kappa shape index (κ1) is 23.3. The number of ether oxygens (including phenoxy) is 2. The van der Waals surface area contributed by atoms with Gasteiger partial charge in [0, 0.05) is 17.1 Å². The summed E-state index contributed by atoms with van der Waals surface area (Å²) in [6, 6.07) is 18.4. The van der Waals surface area contributed by atoms with Gasteiger partial charge in [0.1, 0.15) is 5.82 Å². The van der Waals surface area contributed by atoms with Crippen molar-refractivity contribution >= 4 is 23.5 Å². The van der Waals surface area contributed by atoms with Gasteiger partial charge in [0.15, 0.2) is 17.3 Å². The van der Waals surface area contributed by atoms with E-state index in [2.05, 4.69) is 15.4 Å². The number of nitrogens with zero attached hydrogens (tertiary/aromatic N) is 3. The highest BCUT2D eigenvalue weighted by Crippen LogP contribution is 2.28. The Hall–Kier alpha value is -3.91. The second-order valence-corrected chi connectivity index (χ2v) is 7.85. The van der Waals surface area contributed by atoms with Gasteiger partial charge in [0.25, 0.3) is 5.91 Å². The fourth-order valence-electron chi connectivity index (χ4n) is 3.35. The standard InChI is InChI=1S/C25H22ClFN4O3/c1-33-21-12-5-17(13-22(21)34-2)14-23(32)31-25(28-15-16-3-10-20(27)11-4-16)29-24(30-31)18-6-8-19(26)9-7-18/h3-13H,14-15H2,1-2H3,(H,28,29,30). The molecule has 0 aliphatic heterocycles. The summed E-state index contributed by atoms with van der Waals surface area (Å²) >= 11 is 5.99. The van der Waals surface area contributed by atoms with Gasteiger partial charge < -0.3 is 14.8 Å². The fraction of sp³-hybridized carbons (Fsp3) is 0.160. The minimum absolute atomic E-state index is 0.0645. The van der Waals surface area contributed by atoms with Crippen LogP contribution in [0.2, 0.25) is 5.02 Å². The topological polar surface area (TPSA) is 78.3 Å². The first-order valence-electron chi connectivity index (χ1n) is 10.4. The Bertz CT molecular complexity index is 1290. The SMILES string of the molecule is COc1ccc(CC(=O)n2nc(-c3ccc(Cl)cc3)nc2NCc2ccc(F)cc2)cc1OC. The Kier molecular flexibility index (Phi) is 7.08. The number of hydrogen-bond acceptors (Lipinski definition) is 6. The zero-order chi connectivity index (χ0) is 24.1. The largest absolute Gasteiger partial charge is 0.493 e. The van der Waals surface area contributed by atoms with Gasteiger partial charge in [-0.05, 0) is 59.7 Å². The average Bonchev–Trinajstić information content (AvgIpc) is 3.28. The summed E-state index contributed by atoms with van der Waals surface area (Å²) in [5.41, 5.74) is 2.28. The Morgan fingerprint density at radius 1 is 0.971 bits per heavy atom. The van der Waals surface area contributed by atoms with E-state index in [1.807, 2.05) is 0 Å². The summed E-state index contributed by atoms with van der Waals surface area (Å²) in [5.74, 6) is 1.15. The lowest BCUT2D eigenvalue weighted by atomic mass is 10.1. The minimum atomic E-state index is -0.318. The van der Waals surface area contributed by atoms with E-state index in [0.29, 0.717) is 34.5 Å². The number of nitrogens with one attached hydrogen (secondary N) is 1. The third kappa shape index (κ3) is 5.35. The van der Waals surface area contributed by atoms with Crippen LogP contribution in [-0.4, -0.2) is 34.9 Å². The molecule has 0 saturated carbocycles. The molecule has 0 atom stereocenters. The molecule has 0 spiro atoms. The van der Waals surface area contributed by atoms with Crippen molar-refractivity contribution in [3.8, 4) is 22.9 Å². The first-order chi connectivity index (χ1) is 16.5. The van der Waals surface area contributed by atoms with Crippen LogP contribution in [0.1, 0.15) is 15.9 Å². The van der Waals surface area contributed by atoms with Crippen molar-refractivity contribution in [3.63, 3.8) is 0 Å². The van der Waals surface area contributed by atoms with E-state index in [9.17, 15) is 9.18 Å². The lowest BCUT2D eigenvalue weighted by molar-refractivity contribution is 0.0901. The maximum Gasteiger partial charge on any atom is 0.254 e. The van der Waals surface area contributed by atoms with Gasteiger partial charge in [0.05, 0.1) is 20.6 Å². The molecule has 0 amide bonds. The molecule has 1 aromatic heterocycles. The second kappa shape index (κ2) is 10.4. The van der Waals surface area contributed by atoms with Crippen molar-refractivity contribution < 1.29 is 18.7 Å². The molecule has 0 aliphatic rings. The number of benzene rings is 3. The number of carbonyl (C=O) groups excluding carboxylic acids is 1. The van der Waals surface area contributed by atoms with Crippen molar-refractivity contribution in [3.05, 3.63) is 88.7 Å². The Labute approximate surface area is 201 Å². The molecule has 4 rings (SSSR count). The van der Waals surface area contributed by atoms with Crippen molar-refractivity contribution in [2.75, 3.05) is 19.5 Å². The van der Waals surface area contributed by atoms with Crippen LogP contribution in [0.3, 0.4) is 0 Å². The van der Waals surface area contributed by atoms with Crippen LogP contribution in [0.5, 0.6) is 11.5 Å². The van der Waals surface area contributed by atoms with Gasteiger partial charge in [-0.1, -0.05) is 29.8 Å². The normalized spacial score (nSPS) is 10.7. The van der Waals surface area contributed by atoms with Crippen LogP contribution in [0.4, 0.5) is 10.3 Å². The van der Waals surface area contributed by atoms with Gasteiger partial charge in [-0.2, -0.15) is 9.67 Å². The van der Waals surface area contributed by atoms with Crippen molar-refractivity contribution in [2.24, 2.45) is 0 Å². The molecule has 7 nitrogen and oxygen atoms in total. The van der Waals surface area contributed by atoms with Crippen LogP contribution >= 0.6 is 11.6 Å². The predicted molar refractivity (Wildman–Crippen MR) is 128 cm³/mol. The lowest BCUT2D eigenvalue weighted by Gasteiger charge is -2.10. The molecule has 0 unspecified atom stereocenters. The summed E-state index contributed by atoms with van der Waals surface area (Å²) in [6.45, 7) is 0.336. The highest BCUT2D eigenvalue weighted by Gasteiger charge is 2.18. The maximum atomic E-state index is 13.2. The monoisotopic (exact) mass is 480 g/mol. The van der Waals surface area contributed by atoms with Crippen LogP contribution in [0, 0.1) is 5.82 Å². The van der Waals surface area contributed by atoms with Crippen LogP contribution < -0.4 is 14.8 Å². The molecule has 3 aromatic carbocycles. The number of hydrogen-bond donors (Lipinski definition) is 1. The number of halogens is 2. The number of carbonyl (C=O) groups is 1. The molecule has 1 heterocycles. The predicted octanol–water partition coefficient (Wildman–Crippen LogP) is 5.25. The van der Waals surface area contributed by atoms with E-state index < -0.39 is 0 Å². The van der Waals surface area contributed by atoms with E-state index in [0.717, 1.165) is 11.1 Å². The zero-order valence-electron chi connectivity index (χ0n) is 18.6. The van der Waals surface area contributed by atoms with Gasteiger partial charge >= 0.3 is 0 Å². The summed E-state index contributed by atoms with van der Waals surface area (Å²) in [7, 11) is 3.09. The van der Waals surface area contributed by atoms with Crippen LogP contribution in [-0.2, 0) is 13.0 Å². The highest BCUT2D eigenvalue weighted by atomic mass is 35.5. The number of methoxy groups -OCH3 is 2. The summed E-state index contributed by atoms with van der Waals surface area (Å²) < 4.78 is 25.1. The molecular formula is C25H22ClFN4O3. The molecule has 0 radical (unpaired) electrons. The molecular weight excluding hydrogens is 459 g/mol. The zero-order valence-corrected chi connectivity index (χ0v) is 19.3. The number of anilines is 1. The van der Waals surface area contributed by atoms with Gasteiger partial charge in [-0.15, -0.1) is 5.10 Å². The molecule has 4 aromatic rings. The molecule has 1 N–H and O–H groups in total. The Balaban J connectivity index is 1.62. The molecule has 174 valence electrons. The second-order valence-electron chi connectivity index (χ2n) is 7.42. The van der Waals surface area contributed by atoms with E-state index in [4.69, 9.17) is 21.1 Å². The molecule has 34 heavy (non-hydrogen) atoms. The first-order valence-corrected chi connectivity index (χ1v) is 10.8. The van der Waals surface area contributed by atoms with Crippen LogP contribution in [0.25, 0.3) is 11.4 Å². The summed E-state index contributed by atoms with van der Waals surface area (Å²) in [6.07, 6.45) is 0.0645. The summed E-state index contributed by atoms with van der Waals surface area (Å²) in [5, 5.41) is 8.16. The number of aromatic nitrogens is 3. The maximum absolute atomic E-state index is 13.2. The van der Waals surface area contributed by atoms with Crippen molar-refractivity contribution in [2.45, 2.75) is 13.0 Å². The van der Waals surface area contributed by atoms with Gasteiger partial charge in [-0.25, -0.2) is 4.39 Å². The van der Waals surface area contributed by atoms with E-state index in [1.54, 1.807) is 61.7 Å². The molecule has 0 saturated heterocycles. The van der Waals surface area contributed by atoms with Crippen molar-refractivity contribution in [1.29, 1.82) is 0 Å². The van der Waals surface area contributed by atoms with E-state index >= 15 is 0 Å². The molecule has 0 aliphatic carbocycles. The molecule has 9 heteroatoms. The summed E-state index contributed by atoms with van der Waals surface area (Å²) in [4.78, 5) is 17.7. The van der Waals surface area contributed by atoms with E-state index in [1.165, 1.54) is 23.9 Å². The number of rotatable bonds is 8. The molecule has 0 fully saturated rings. The third-order valence-corrected chi connectivity index (χ3v) is 5.36.